The number of ether oxygens (including phenoxy) is 1. The highest BCUT2D eigenvalue weighted by molar-refractivity contribution is 6.31. The predicted molar refractivity (Wildman–Crippen MR) is 69.3 cm³/mol. The van der Waals surface area contributed by atoms with Crippen molar-refractivity contribution in [2.75, 3.05) is 6.61 Å². The van der Waals surface area contributed by atoms with E-state index in [9.17, 15) is 9.50 Å². The lowest BCUT2D eigenvalue weighted by Gasteiger charge is -2.23. The van der Waals surface area contributed by atoms with Crippen LogP contribution in [0, 0.1) is 11.7 Å². The van der Waals surface area contributed by atoms with Crippen LogP contribution in [0.2, 0.25) is 5.02 Å². The standard InChI is InChI=1S/C14H18ClFO2/c1-2-14-11(5-6-18-14)13(17)7-9-3-4-10(16)8-12(9)15/h3-4,8,11,13-14,17H,2,5-7H2,1H3. The molecule has 1 aromatic carbocycles. The maximum Gasteiger partial charge on any atom is 0.124 e. The van der Waals surface area contributed by atoms with Gasteiger partial charge in [0.1, 0.15) is 5.82 Å². The second-order valence-corrected chi connectivity index (χ2v) is 5.18. The monoisotopic (exact) mass is 272 g/mol. The Hall–Kier alpha value is -0.640. The molecule has 18 heavy (non-hydrogen) atoms. The third-order valence-electron chi connectivity index (χ3n) is 3.60. The van der Waals surface area contributed by atoms with Crippen LogP contribution >= 0.6 is 11.6 Å². The zero-order valence-electron chi connectivity index (χ0n) is 10.4. The largest absolute Gasteiger partial charge is 0.392 e. The molecule has 1 aliphatic heterocycles. The Balaban J connectivity index is 2.04. The summed E-state index contributed by atoms with van der Waals surface area (Å²) in [6.45, 7) is 2.76. The lowest BCUT2D eigenvalue weighted by molar-refractivity contribution is 0.0318. The smallest absolute Gasteiger partial charge is 0.124 e. The first-order valence-electron chi connectivity index (χ1n) is 6.35. The summed E-state index contributed by atoms with van der Waals surface area (Å²) in [4.78, 5) is 0. The van der Waals surface area contributed by atoms with E-state index in [-0.39, 0.29) is 17.8 Å². The molecule has 0 aliphatic carbocycles. The Kier molecular flexibility index (Phi) is 4.60. The zero-order chi connectivity index (χ0) is 13.1. The van der Waals surface area contributed by atoms with Crippen molar-refractivity contribution in [2.45, 2.75) is 38.4 Å². The molecule has 0 spiro atoms. The number of benzene rings is 1. The molecule has 1 aliphatic rings. The summed E-state index contributed by atoms with van der Waals surface area (Å²) in [5.41, 5.74) is 0.785. The Bertz CT molecular complexity index is 411. The number of aliphatic hydroxyl groups is 1. The number of hydrogen-bond donors (Lipinski definition) is 1. The number of hydrogen-bond acceptors (Lipinski definition) is 2. The molecule has 0 aromatic heterocycles. The Labute approximate surface area is 112 Å². The van der Waals surface area contributed by atoms with Gasteiger partial charge in [-0.15, -0.1) is 0 Å². The third-order valence-corrected chi connectivity index (χ3v) is 3.95. The van der Waals surface area contributed by atoms with Gasteiger partial charge < -0.3 is 9.84 Å². The van der Waals surface area contributed by atoms with Gasteiger partial charge in [0.15, 0.2) is 0 Å². The van der Waals surface area contributed by atoms with Gasteiger partial charge in [0, 0.05) is 24.0 Å². The van der Waals surface area contributed by atoms with Crippen LogP contribution in [0.3, 0.4) is 0 Å². The molecule has 1 aromatic rings. The van der Waals surface area contributed by atoms with Gasteiger partial charge in [0.05, 0.1) is 12.2 Å². The first-order chi connectivity index (χ1) is 8.61. The molecule has 0 bridgehead atoms. The molecule has 1 N–H and O–H groups in total. The van der Waals surface area contributed by atoms with Gasteiger partial charge in [-0.2, -0.15) is 0 Å². The minimum absolute atomic E-state index is 0.124. The number of aliphatic hydroxyl groups excluding tert-OH is 1. The Morgan fingerprint density at radius 2 is 2.33 bits per heavy atom. The van der Waals surface area contributed by atoms with Crippen molar-refractivity contribution >= 4 is 11.6 Å². The van der Waals surface area contributed by atoms with Crippen molar-refractivity contribution in [2.24, 2.45) is 5.92 Å². The van der Waals surface area contributed by atoms with Gasteiger partial charge in [0.25, 0.3) is 0 Å². The van der Waals surface area contributed by atoms with Crippen LogP contribution in [0.25, 0.3) is 0 Å². The molecule has 1 saturated heterocycles. The average molecular weight is 273 g/mol. The average Bonchev–Trinajstić information content (AvgIpc) is 2.81. The van der Waals surface area contributed by atoms with Crippen LogP contribution in [0.1, 0.15) is 25.3 Å². The molecule has 1 fully saturated rings. The fourth-order valence-corrected chi connectivity index (χ4v) is 2.83. The van der Waals surface area contributed by atoms with Crippen LogP contribution in [0.4, 0.5) is 4.39 Å². The number of halogens is 2. The maximum atomic E-state index is 12.9. The molecule has 3 atom stereocenters. The minimum atomic E-state index is -0.486. The van der Waals surface area contributed by atoms with E-state index in [0.29, 0.717) is 18.1 Å². The zero-order valence-corrected chi connectivity index (χ0v) is 11.2. The van der Waals surface area contributed by atoms with Gasteiger partial charge >= 0.3 is 0 Å². The molecular weight excluding hydrogens is 255 g/mol. The van der Waals surface area contributed by atoms with Crippen LogP contribution in [0.5, 0.6) is 0 Å². The van der Waals surface area contributed by atoms with Gasteiger partial charge in [-0.05, 0) is 30.5 Å². The Morgan fingerprint density at radius 1 is 1.56 bits per heavy atom. The van der Waals surface area contributed by atoms with Crippen molar-refractivity contribution in [3.05, 3.63) is 34.6 Å². The topological polar surface area (TPSA) is 29.5 Å². The molecule has 1 heterocycles. The molecule has 2 nitrogen and oxygen atoms in total. The van der Waals surface area contributed by atoms with Crippen molar-refractivity contribution < 1.29 is 14.2 Å². The summed E-state index contributed by atoms with van der Waals surface area (Å²) in [6.07, 6.45) is 1.86. The molecule has 0 amide bonds. The minimum Gasteiger partial charge on any atom is -0.392 e. The first kappa shape index (κ1) is 13.8. The lowest BCUT2D eigenvalue weighted by Crippen LogP contribution is -2.29. The highest BCUT2D eigenvalue weighted by Gasteiger charge is 2.32. The SMILES string of the molecule is CCC1OCCC1C(O)Cc1ccc(F)cc1Cl. The van der Waals surface area contributed by atoms with Gasteiger partial charge in [-0.1, -0.05) is 24.6 Å². The molecule has 4 heteroatoms. The van der Waals surface area contributed by atoms with Crippen molar-refractivity contribution in [1.29, 1.82) is 0 Å². The predicted octanol–water partition coefficient (Wildman–Crippen LogP) is 3.20. The fourth-order valence-electron chi connectivity index (χ4n) is 2.59. The van der Waals surface area contributed by atoms with Gasteiger partial charge in [0.2, 0.25) is 0 Å². The summed E-state index contributed by atoms with van der Waals surface area (Å²) in [5.74, 6) is -0.204. The first-order valence-corrected chi connectivity index (χ1v) is 6.73. The molecule has 3 unspecified atom stereocenters. The molecule has 100 valence electrons. The van der Waals surface area contributed by atoms with E-state index in [0.717, 1.165) is 18.4 Å². The summed E-state index contributed by atoms with van der Waals surface area (Å²) in [5, 5.41) is 10.6. The molecule has 2 rings (SSSR count). The maximum absolute atomic E-state index is 12.9. The summed E-state index contributed by atoms with van der Waals surface area (Å²) < 4.78 is 18.5. The van der Waals surface area contributed by atoms with E-state index < -0.39 is 6.10 Å². The molecule has 0 saturated carbocycles. The highest BCUT2D eigenvalue weighted by atomic mass is 35.5. The normalized spacial score (nSPS) is 25.3. The fraction of sp³-hybridized carbons (Fsp3) is 0.571. The molecular formula is C14H18ClFO2. The third kappa shape index (κ3) is 3.02. The van der Waals surface area contributed by atoms with E-state index in [1.807, 2.05) is 0 Å². The summed E-state index contributed by atoms with van der Waals surface area (Å²) in [7, 11) is 0. The van der Waals surface area contributed by atoms with E-state index in [4.69, 9.17) is 16.3 Å². The summed E-state index contributed by atoms with van der Waals surface area (Å²) >= 11 is 5.97. The van der Waals surface area contributed by atoms with Crippen LogP contribution in [0.15, 0.2) is 18.2 Å². The van der Waals surface area contributed by atoms with Gasteiger partial charge in [-0.3, -0.25) is 0 Å². The van der Waals surface area contributed by atoms with E-state index in [1.54, 1.807) is 6.07 Å². The van der Waals surface area contributed by atoms with Crippen molar-refractivity contribution in [1.82, 2.24) is 0 Å². The van der Waals surface area contributed by atoms with E-state index in [2.05, 4.69) is 6.92 Å². The van der Waals surface area contributed by atoms with Crippen LogP contribution in [-0.4, -0.2) is 23.9 Å². The highest BCUT2D eigenvalue weighted by Crippen LogP contribution is 2.29. The van der Waals surface area contributed by atoms with Gasteiger partial charge in [-0.25, -0.2) is 4.39 Å². The quantitative estimate of drug-likeness (QED) is 0.912. The number of rotatable bonds is 4. The summed E-state index contributed by atoms with van der Waals surface area (Å²) in [6, 6.07) is 4.29. The second kappa shape index (κ2) is 6.00. The van der Waals surface area contributed by atoms with Crippen LogP contribution in [-0.2, 0) is 11.2 Å². The lowest BCUT2D eigenvalue weighted by atomic mass is 9.89. The molecule has 0 radical (unpaired) electrons. The van der Waals surface area contributed by atoms with Crippen LogP contribution < -0.4 is 0 Å². The van der Waals surface area contributed by atoms with Crippen molar-refractivity contribution in [3.8, 4) is 0 Å². The van der Waals surface area contributed by atoms with Crippen molar-refractivity contribution in [3.63, 3.8) is 0 Å². The van der Waals surface area contributed by atoms with E-state index in [1.165, 1.54) is 12.1 Å². The van der Waals surface area contributed by atoms with E-state index >= 15 is 0 Å². The second-order valence-electron chi connectivity index (χ2n) is 4.78. The Morgan fingerprint density at radius 3 is 3.00 bits per heavy atom.